The van der Waals surface area contributed by atoms with Crippen LogP contribution in [0.5, 0.6) is 0 Å². The van der Waals surface area contributed by atoms with Crippen LogP contribution in [0.1, 0.15) is 26.0 Å². The SMILES string of the molecule is CN1CCN(CCC(C)(C)Nc2cc(C(F)(F)F)nc(-c3ccccn3)n2)CC1. The molecule has 2 aromatic heterocycles. The van der Waals surface area contributed by atoms with E-state index in [9.17, 15) is 13.2 Å². The normalized spacial score (nSPS) is 16.8. The number of anilines is 1. The predicted molar refractivity (Wildman–Crippen MR) is 107 cm³/mol. The molecule has 3 rings (SSSR count). The van der Waals surface area contributed by atoms with Crippen molar-refractivity contribution in [2.75, 3.05) is 45.1 Å². The molecule has 2 aromatic rings. The fourth-order valence-corrected chi connectivity index (χ4v) is 3.18. The molecule has 0 aliphatic carbocycles. The fourth-order valence-electron chi connectivity index (χ4n) is 3.18. The zero-order valence-electron chi connectivity index (χ0n) is 17.0. The topological polar surface area (TPSA) is 57.2 Å². The van der Waals surface area contributed by atoms with Crippen LogP contribution >= 0.6 is 0 Å². The third-order valence-corrected chi connectivity index (χ3v) is 5.03. The van der Waals surface area contributed by atoms with Gasteiger partial charge in [-0.2, -0.15) is 13.2 Å². The van der Waals surface area contributed by atoms with Crippen LogP contribution in [0.3, 0.4) is 0 Å². The van der Waals surface area contributed by atoms with Crippen molar-refractivity contribution < 1.29 is 13.2 Å². The minimum absolute atomic E-state index is 0.0437. The van der Waals surface area contributed by atoms with Crippen molar-refractivity contribution >= 4 is 5.82 Å². The summed E-state index contributed by atoms with van der Waals surface area (Å²) < 4.78 is 40.1. The van der Waals surface area contributed by atoms with Crippen LogP contribution in [0.15, 0.2) is 30.5 Å². The Morgan fingerprint density at radius 3 is 2.41 bits per heavy atom. The van der Waals surface area contributed by atoms with E-state index in [1.807, 2.05) is 13.8 Å². The number of nitrogens with one attached hydrogen (secondary N) is 1. The first-order valence-corrected chi connectivity index (χ1v) is 9.69. The fraction of sp³-hybridized carbons (Fsp3) is 0.550. The largest absolute Gasteiger partial charge is 0.433 e. The van der Waals surface area contributed by atoms with E-state index in [1.165, 1.54) is 6.20 Å². The first-order valence-electron chi connectivity index (χ1n) is 9.69. The van der Waals surface area contributed by atoms with E-state index in [4.69, 9.17) is 0 Å². The number of rotatable bonds is 6. The van der Waals surface area contributed by atoms with Crippen molar-refractivity contribution in [2.24, 2.45) is 0 Å². The highest BCUT2D eigenvalue weighted by Gasteiger charge is 2.34. The highest BCUT2D eigenvalue weighted by Crippen LogP contribution is 2.31. The van der Waals surface area contributed by atoms with E-state index in [1.54, 1.807) is 18.2 Å². The van der Waals surface area contributed by atoms with Crippen LogP contribution in [-0.4, -0.2) is 70.1 Å². The number of halogens is 3. The van der Waals surface area contributed by atoms with Gasteiger partial charge in [-0.1, -0.05) is 6.07 Å². The van der Waals surface area contributed by atoms with Crippen molar-refractivity contribution in [1.29, 1.82) is 0 Å². The van der Waals surface area contributed by atoms with Crippen molar-refractivity contribution in [3.63, 3.8) is 0 Å². The van der Waals surface area contributed by atoms with Gasteiger partial charge in [0.25, 0.3) is 0 Å². The molecule has 0 radical (unpaired) electrons. The average Bonchev–Trinajstić information content (AvgIpc) is 2.67. The quantitative estimate of drug-likeness (QED) is 0.791. The van der Waals surface area contributed by atoms with Gasteiger partial charge in [-0.05, 0) is 39.4 Å². The number of nitrogens with zero attached hydrogens (tertiary/aromatic N) is 5. The summed E-state index contributed by atoms with van der Waals surface area (Å²) in [6, 6.07) is 5.94. The number of hydrogen-bond acceptors (Lipinski definition) is 6. The molecule has 6 nitrogen and oxygen atoms in total. The number of likely N-dealkylation sites (N-methyl/N-ethyl adjacent to an activating group) is 1. The molecule has 0 aromatic carbocycles. The minimum atomic E-state index is -4.56. The Hall–Kier alpha value is -2.26. The molecule has 1 N–H and O–H groups in total. The second-order valence-electron chi connectivity index (χ2n) is 8.08. The number of hydrogen-bond donors (Lipinski definition) is 1. The molecule has 1 saturated heterocycles. The second-order valence-corrected chi connectivity index (χ2v) is 8.08. The standard InChI is InChI=1S/C20H27F3N6/c1-19(2,7-9-29-12-10-28(3)11-13-29)27-17-14-16(20(21,22)23)25-18(26-17)15-6-4-5-8-24-15/h4-6,8,14H,7,9-13H2,1-3H3,(H,25,26,27). The van der Waals surface area contributed by atoms with Gasteiger partial charge in [-0.15, -0.1) is 0 Å². The lowest BCUT2D eigenvalue weighted by Crippen LogP contribution is -2.46. The minimum Gasteiger partial charge on any atom is -0.365 e. The number of pyridine rings is 1. The molecule has 3 heterocycles. The van der Waals surface area contributed by atoms with E-state index < -0.39 is 17.4 Å². The highest BCUT2D eigenvalue weighted by molar-refractivity contribution is 5.53. The third-order valence-electron chi connectivity index (χ3n) is 5.03. The lowest BCUT2D eigenvalue weighted by Gasteiger charge is -2.35. The smallest absolute Gasteiger partial charge is 0.365 e. The van der Waals surface area contributed by atoms with E-state index in [-0.39, 0.29) is 11.6 Å². The maximum Gasteiger partial charge on any atom is 0.433 e. The van der Waals surface area contributed by atoms with Gasteiger partial charge in [-0.3, -0.25) is 4.98 Å². The monoisotopic (exact) mass is 408 g/mol. The van der Waals surface area contributed by atoms with Gasteiger partial charge in [0.1, 0.15) is 11.5 Å². The summed E-state index contributed by atoms with van der Waals surface area (Å²) in [5.74, 6) is 0.106. The number of aromatic nitrogens is 3. The van der Waals surface area contributed by atoms with Gasteiger partial charge in [0.15, 0.2) is 11.5 Å². The van der Waals surface area contributed by atoms with Gasteiger partial charge >= 0.3 is 6.18 Å². The van der Waals surface area contributed by atoms with E-state index >= 15 is 0 Å². The van der Waals surface area contributed by atoms with E-state index in [2.05, 4.69) is 37.1 Å². The summed E-state index contributed by atoms with van der Waals surface area (Å²) >= 11 is 0. The van der Waals surface area contributed by atoms with Crippen LogP contribution in [0.4, 0.5) is 19.0 Å². The Morgan fingerprint density at radius 2 is 1.79 bits per heavy atom. The molecular formula is C20H27F3N6. The van der Waals surface area contributed by atoms with Crippen LogP contribution in [0.25, 0.3) is 11.5 Å². The molecule has 1 aliphatic heterocycles. The van der Waals surface area contributed by atoms with Gasteiger partial charge in [0, 0.05) is 50.5 Å². The molecule has 0 saturated carbocycles. The lowest BCUT2D eigenvalue weighted by molar-refractivity contribution is -0.141. The highest BCUT2D eigenvalue weighted by atomic mass is 19.4. The summed E-state index contributed by atoms with van der Waals surface area (Å²) in [5, 5.41) is 3.17. The first kappa shape index (κ1) is 21.4. The van der Waals surface area contributed by atoms with Crippen LogP contribution in [0, 0.1) is 0 Å². The van der Waals surface area contributed by atoms with Gasteiger partial charge < -0.3 is 15.1 Å². The van der Waals surface area contributed by atoms with Crippen molar-refractivity contribution in [3.05, 3.63) is 36.2 Å². The molecule has 1 fully saturated rings. The maximum absolute atomic E-state index is 13.4. The third kappa shape index (κ3) is 6.11. The van der Waals surface area contributed by atoms with Crippen molar-refractivity contribution in [1.82, 2.24) is 24.8 Å². The molecule has 158 valence electrons. The molecule has 0 unspecified atom stereocenters. The van der Waals surface area contributed by atoms with Crippen LogP contribution in [-0.2, 0) is 6.18 Å². The van der Waals surface area contributed by atoms with Crippen molar-refractivity contribution in [2.45, 2.75) is 32.0 Å². The summed E-state index contributed by atoms with van der Waals surface area (Å²) in [6.07, 6.45) is -2.28. The van der Waals surface area contributed by atoms with E-state index in [0.717, 1.165) is 45.2 Å². The first-order chi connectivity index (χ1) is 13.6. The molecular weight excluding hydrogens is 381 g/mol. The van der Waals surface area contributed by atoms with Crippen LogP contribution in [0.2, 0.25) is 0 Å². The zero-order valence-corrected chi connectivity index (χ0v) is 17.0. The maximum atomic E-state index is 13.4. The molecule has 1 aliphatic rings. The Labute approximate surface area is 169 Å². The second kappa shape index (κ2) is 8.62. The van der Waals surface area contributed by atoms with Crippen LogP contribution < -0.4 is 5.32 Å². The summed E-state index contributed by atoms with van der Waals surface area (Å²) in [7, 11) is 2.11. The van der Waals surface area contributed by atoms with Crippen molar-refractivity contribution in [3.8, 4) is 11.5 Å². The Morgan fingerprint density at radius 1 is 1.07 bits per heavy atom. The Kier molecular flexibility index (Phi) is 6.38. The predicted octanol–water partition coefficient (Wildman–Crippen LogP) is 3.39. The zero-order chi connectivity index (χ0) is 21.1. The molecule has 9 heteroatoms. The molecule has 0 atom stereocenters. The number of alkyl halides is 3. The Bertz CT molecular complexity index is 802. The average molecular weight is 408 g/mol. The summed E-state index contributed by atoms with van der Waals surface area (Å²) in [4.78, 5) is 16.7. The molecule has 0 bridgehead atoms. The molecule has 0 spiro atoms. The molecule has 29 heavy (non-hydrogen) atoms. The lowest BCUT2D eigenvalue weighted by atomic mass is 10.00. The van der Waals surface area contributed by atoms with Gasteiger partial charge in [-0.25, -0.2) is 9.97 Å². The van der Waals surface area contributed by atoms with E-state index in [0.29, 0.717) is 5.69 Å². The summed E-state index contributed by atoms with van der Waals surface area (Å²) in [5.41, 5.74) is -1.11. The van der Waals surface area contributed by atoms with Gasteiger partial charge in [0.05, 0.1) is 0 Å². The van der Waals surface area contributed by atoms with Gasteiger partial charge in [0.2, 0.25) is 0 Å². The Balaban J connectivity index is 1.76. The summed E-state index contributed by atoms with van der Waals surface area (Å²) in [6.45, 7) is 8.88. The molecule has 0 amide bonds. The number of piperazine rings is 1.